The third-order valence-corrected chi connectivity index (χ3v) is 3.56. The fourth-order valence-corrected chi connectivity index (χ4v) is 2.07. The third-order valence-electron chi connectivity index (χ3n) is 1.90. The van der Waals surface area contributed by atoms with Crippen molar-refractivity contribution in [2.24, 2.45) is 0 Å². The lowest BCUT2D eigenvalue weighted by molar-refractivity contribution is 0.620. The standard InChI is InChI=1S/C11H15ClFSi/c1-14(2,3)7-6-9-4-5-10(12)8-11(9)13/h4-6,8H,7H2,1-3H3. The molecule has 0 amide bonds. The summed E-state index contributed by atoms with van der Waals surface area (Å²) in [5.74, 6) is -0.226. The molecule has 0 aromatic heterocycles. The Hall–Kier alpha value is -0.343. The number of halogens is 2. The van der Waals surface area contributed by atoms with E-state index in [0.717, 1.165) is 6.04 Å². The van der Waals surface area contributed by atoms with Crippen LogP contribution in [0.2, 0.25) is 30.7 Å². The first-order valence-electron chi connectivity index (χ1n) is 4.67. The first-order chi connectivity index (χ1) is 6.38. The van der Waals surface area contributed by atoms with E-state index in [4.69, 9.17) is 11.6 Å². The molecule has 3 heteroatoms. The van der Waals surface area contributed by atoms with E-state index in [9.17, 15) is 4.39 Å². The number of rotatable bonds is 3. The molecular formula is C11H15ClFSi. The Balaban J connectivity index is 2.68. The van der Waals surface area contributed by atoms with Gasteiger partial charge in [0.1, 0.15) is 5.82 Å². The topological polar surface area (TPSA) is 0 Å². The van der Waals surface area contributed by atoms with Gasteiger partial charge in [0.05, 0.1) is 0 Å². The van der Waals surface area contributed by atoms with Gasteiger partial charge in [-0.1, -0.05) is 43.4 Å². The van der Waals surface area contributed by atoms with Crippen molar-refractivity contribution in [2.45, 2.75) is 25.7 Å². The Morgan fingerprint density at radius 3 is 2.50 bits per heavy atom. The molecule has 0 aliphatic heterocycles. The van der Waals surface area contributed by atoms with E-state index in [1.807, 2.05) is 6.42 Å². The highest BCUT2D eigenvalue weighted by Crippen LogP contribution is 2.20. The van der Waals surface area contributed by atoms with Crippen molar-refractivity contribution in [3.63, 3.8) is 0 Å². The van der Waals surface area contributed by atoms with Crippen molar-refractivity contribution >= 4 is 19.7 Å². The van der Waals surface area contributed by atoms with Gasteiger partial charge in [-0.05, 0) is 24.1 Å². The van der Waals surface area contributed by atoms with Crippen LogP contribution in [0.5, 0.6) is 0 Å². The summed E-state index contributed by atoms with van der Waals surface area (Å²) in [5.41, 5.74) is 0.664. The average molecular weight is 230 g/mol. The zero-order chi connectivity index (χ0) is 10.8. The SMILES string of the molecule is C[Si](C)(C)C[CH]c1ccc(Cl)cc1F. The van der Waals surface area contributed by atoms with Gasteiger partial charge in [0.15, 0.2) is 0 Å². The van der Waals surface area contributed by atoms with Gasteiger partial charge in [0.25, 0.3) is 0 Å². The lowest BCUT2D eigenvalue weighted by Gasteiger charge is -2.15. The first kappa shape index (κ1) is 11.7. The highest BCUT2D eigenvalue weighted by molar-refractivity contribution is 6.76. The molecule has 1 radical (unpaired) electrons. The van der Waals surface area contributed by atoms with Crippen LogP contribution in [0.1, 0.15) is 5.56 Å². The Kier molecular flexibility index (Phi) is 3.73. The van der Waals surface area contributed by atoms with Crippen LogP contribution >= 0.6 is 11.6 Å². The molecule has 0 aliphatic rings. The summed E-state index contributed by atoms with van der Waals surface area (Å²) in [5, 5.41) is 0.452. The van der Waals surface area contributed by atoms with Gasteiger partial charge < -0.3 is 0 Å². The van der Waals surface area contributed by atoms with Crippen molar-refractivity contribution in [3.05, 3.63) is 41.0 Å². The summed E-state index contributed by atoms with van der Waals surface area (Å²) in [6.07, 6.45) is 1.97. The quantitative estimate of drug-likeness (QED) is 0.676. The highest BCUT2D eigenvalue weighted by Gasteiger charge is 2.14. The Morgan fingerprint density at radius 2 is 2.00 bits per heavy atom. The van der Waals surface area contributed by atoms with Gasteiger partial charge in [-0.25, -0.2) is 4.39 Å². The minimum Gasteiger partial charge on any atom is -0.207 e. The van der Waals surface area contributed by atoms with Crippen LogP contribution < -0.4 is 0 Å². The zero-order valence-corrected chi connectivity index (χ0v) is 10.5. The molecule has 1 aromatic carbocycles. The monoisotopic (exact) mass is 229 g/mol. The molecule has 0 heterocycles. The van der Waals surface area contributed by atoms with Crippen LogP contribution in [0.15, 0.2) is 18.2 Å². The molecule has 0 fully saturated rings. The van der Waals surface area contributed by atoms with E-state index in [1.54, 1.807) is 12.1 Å². The Bertz CT molecular complexity index is 318. The third kappa shape index (κ3) is 3.80. The second kappa shape index (κ2) is 4.45. The lowest BCUT2D eigenvalue weighted by Crippen LogP contribution is -2.19. The summed E-state index contributed by atoms with van der Waals surface area (Å²) in [6.45, 7) is 6.78. The van der Waals surface area contributed by atoms with Crippen LogP contribution in [-0.4, -0.2) is 8.07 Å². The van der Waals surface area contributed by atoms with E-state index in [1.165, 1.54) is 6.07 Å². The molecule has 77 valence electrons. The fourth-order valence-electron chi connectivity index (χ4n) is 1.08. The molecule has 0 N–H and O–H groups in total. The van der Waals surface area contributed by atoms with Gasteiger partial charge in [0.2, 0.25) is 0 Å². The largest absolute Gasteiger partial charge is 0.207 e. The molecule has 0 bridgehead atoms. The van der Waals surface area contributed by atoms with Crippen molar-refractivity contribution in [1.29, 1.82) is 0 Å². The van der Waals surface area contributed by atoms with E-state index < -0.39 is 8.07 Å². The van der Waals surface area contributed by atoms with E-state index in [0.29, 0.717) is 10.6 Å². The second-order valence-electron chi connectivity index (χ2n) is 4.63. The molecule has 0 unspecified atom stereocenters. The number of benzene rings is 1. The maximum Gasteiger partial charge on any atom is 0.128 e. The van der Waals surface area contributed by atoms with E-state index in [-0.39, 0.29) is 5.82 Å². The molecule has 0 saturated carbocycles. The summed E-state index contributed by atoms with van der Waals surface area (Å²) in [7, 11) is -1.13. The zero-order valence-electron chi connectivity index (χ0n) is 8.77. The van der Waals surface area contributed by atoms with Gasteiger partial charge in [-0.15, -0.1) is 0 Å². The predicted molar refractivity (Wildman–Crippen MR) is 63.0 cm³/mol. The van der Waals surface area contributed by atoms with Crippen molar-refractivity contribution < 1.29 is 4.39 Å². The molecule has 14 heavy (non-hydrogen) atoms. The van der Waals surface area contributed by atoms with Crippen LogP contribution in [0.25, 0.3) is 0 Å². The first-order valence-corrected chi connectivity index (χ1v) is 8.75. The van der Waals surface area contributed by atoms with Crippen molar-refractivity contribution in [3.8, 4) is 0 Å². The minimum absolute atomic E-state index is 0.226. The second-order valence-corrected chi connectivity index (χ2v) is 10.6. The maximum atomic E-state index is 13.3. The van der Waals surface area contributed by atoms with Gasteiger partial charge in [-0.2, -0.15) is 0 Å². The summed E-state index contributed by atoms with van der Waals surface area (Å²) >= 11 is 5.66. The van der Waals surface area contributed by atoms with Gasteiger partial charge in [0, 0.05) is 13.1 Å². The molecule has 1 aromatic rings. The van der Waals surface area contributed by atoms with E-state index >= 15 is 0 Å². The number of hydrogen-bond acceptors (Lipinski definition) is 0. The summed E-state index contributed by atoms with van der Waals surface area (Å²) in [6, 6.07) is 5.81. The number of hydrogen-bond donors (Lipinski definition) is 0. The maximum absolute atomic E-state index is 13.3. The molecule has 0 spiro atoms. The van der Waals surface area contributed by atoms with E-state index in [2.05, 4.69) is 19.6 Å². The highest BCUT2D eigenvalue weighted by atomic mass is 35.5. The van der Waals surface area contributed by atoms with Crippen LogP contribution in [0.4, 0.5) is 4.39 Å². The summed E-state index contributed by atoms with van der Waals surface area (Å²) in [4.78, 5) is 0. The van der Waals surface area contributed by atoms with Crippen molar-refractivity contribution in [2.75, 3.05) is 0 Å². The fraction of sp³-hybridized carbons (Fsp3) is 0.364. The van der Waals surface area contributed by atoms with Gasteiger partial charge in [-0.3, -0.25) is 0 Å². The predicted octanol–water partition coefficient (Wildman–Crippen LogP) is 4.37. The molecule has 0 aliphatic carbocycles. The van der Waals surface area contributed by atoms with Crippen LogP contribution in [0, 0.1) is 12.2 Å². The molecule has 1 rings (SSSR count). The molecule has 0 atom stereocenters. The summed E-state index contributed by atoms with van der Waals surface area (Å²) < 4.78 is 13.3. The minimum atomic E-state index is -1.13. The molecular weight excluding hydrogens is 215 g/mol. The lowest BCUT2D eigenvalue weighted by atomic mass is 10.1. The van der Waals surface area contributed by atoms with Crippen molar-refractivity contribution in [1.82, 2.24) is 0 Å². The smallest absolute Gasteiger partial charge is 0.128 e. The molecule has 0 saturated heterocycles. The normalized spacial score (nSPS) is 11.8. The van der Waals surface area contributed by atoms with Crippen LogP contribution in [-0.2, 0) is 0 Å². The van der Waals surface area contributed by atoms with Crippen LogP contribution in [0.3, 0.4) is 0 Å². The Labute approximate surface area is 91.1 Å². The van der Waals surface area contributed by atoms with Gasteiger partial charge >= 0.3 is 0 Å². The molecule has 0 nitrogen and oxygen atoms in total. The Morgan fingerprint density at radius 1 is 1.36 bits per heavy atom. The average Bonchev–Trinajstić information content (AvgIpc) is 2.00.